The van der Waals surface area contributed by atoms with Gasteiger partial charge in [0, 0.05) is 5.92 Å². The Kier molecular flexibility index (Phi) is 5.57. The second-order valence-corrected chi connectivity index (χ2v) is 4.88. The summed E-state index contributed by atoms with van der Waals surface area (Å²) in [6.45, 7) is 5.87. The summed E-state index contributed by atoms with van der Waals surface area (Å²) in [5.41, 5.74) is 1.72. The Morgan fingerprint density at radius 2 is 2.16 bits per heavy atom. The smallest absolute Gasteiger partial charge is 0.157 e. The van der Waals surface area contributed by atoms with Crippen molar-refractivity contribution in [1.82, 2.24) is 0 Å². The van der Waals surface area contributed by atoms with E-state index in [-0.39, 0.29) is 11.7 Å². The third-order valence-corrected chi connectivity index (χ3v) is 3.39. The molecular weight excluding hydrogens is 238 g/mol. The number of ketones is 1. The summed E-state index contributed by atoms with van der Waals surface area (Å²) in [4.78, 5) is 12.3. The zero-order chi connectivity index (χ0) is 14.4. The van der Waals surface area contributed by atoms with Crippen molar-refractivity contribution < 1.29 is 9.53 Å². The molecule has 0 N–H and O–H groups in total. The number of Topliss-reactive ketones (excluding diaryl/α,β-unsaturated/α-hetero) is 1. The van der Waals surface area contributed by atoms with Crippen LogP contribution in [0.1, 0.15) is 43.7 Å². The van der Waals surface area contributed by atoms with Crippen LogP contribution >= 0.6 is 0 Å². The molecule has 19 heavy (non-hydrogen) atoms. The molecule has 0 saturated carbocycles. The maximum absolute atomic E-state index is 12.3. The molecular formula is C16H21NO2. The van der Waals surface area contributed by atoms with Crippen LogP contribution < -0.4 is 4.74 Å². The first-order valence-electron chi connectivity index (χ1n) is 6.63. The van der Waals surface area contributed by atoms with Gasteiger partial charge in [-0.1, -0.05) is 32.4 Å². The molecule has 1 aromatic rings. The van der Waals surface area contributed by atoms with Crippen LogP contribution in [0, 0.1) is 24.2 Å². The van der Waals surface area contributed by atoms with Crippen molar-refractivity contribution in [3.05, 3.63) is 29.3 Å². The molecule has 0 bridgehead atoms. The number of nitrogens with zero attached hydrogens (tertiary/aromatic N) is 1. The van der Waals surface area contributed by atoms with Crippen LogP contribution in [0.2, 0.25) is 0 Å². The lowest BCUT2D eigenvalue weighted by Gasteiger charge is -2.15. The minimum absolute atomic E-state index is 0.00439. The highest BCUT2D eigenvalue weighted by Crippen LogP contribution is 2.27. The Morgan fingerprint density at radius 3 is 2.68 bits per heavy atom. The maximum atomic E-state index is 12.3. The molecule has 1 aromatic carbocycles. The topological polar surface area (TPSA) is 50.1 Å². The molecule has 0 aliphatic carbocycles. The van der Waals surface area contributed by atoms with Crippen molar-refractivity contribution in [3.8, 4) is 11.8 Å². The summed E-state index contributed by atoms with van der Waals surface area (Å²) in [6.07, 6.45) is 1.77. The molecule has 0 fully saturated rings. The number of hydrogen-bond acceptors (Lipinski definition) is 3. The number of nitriles is 1. The van der Waals surface area contributed by atoms with E-state index in [1.807, 2.05) is 32.9 Å². The second kappa shape index (κ2) is 6.94. The molecule has 0 heterocycles. The molecule has 0 radical (unpaired) electrons. The van der Waals surface area contributed by atoms with Gasteiger partial charge in [-0.25, -0.2) is 0 Å². The first-order valence-corrected chi connectivity index (χ1v) is 6.63. The van der Waals surface area contributed by atoms with Gasteiger partial charge in [-0.15, -0.1) is 0 Å². The lowest BCUT2D eigenvalue weighted by atomic mass is 9.87. The zero-order valence-electron chi connectivity index (χ0n) is 12.1. The molecule has 2 atom stereocenters. The lowest BCUT2D eigenvalue weighted by molar-refractivity contribution is -0.122. The average Bonchev–Trinajstić information content (AvgIpc) is 2.41. The normalized spacial score (nSPS) is 13.4. The number of aryl methyl sites for hydroxylation is 1. The van der Waals surface area contributed by atoms with E-state index >= 15 is 0 Å². The molecule has 102 valence electrons. The van der Waals surface area contributed by atoms with E-state index in [9.17, 15) is 10.1 Å². The fourth-order valence-electron chi connectivity index (χ4n) is 2.18. The van der Waals surface area contributed by atoms with Crippen LogP contribution in [0.3, 0.4) is 0 Å². The van der Waals surface area contributed by atoms with Crippen molar-refractivity contribution >= 4 is 5.78 Å². The quantitative estimate of drug-likeness (QED) is 0.784. The summed E-state index contributed by atoms with van der Waals surface area (Å²) in [5.74, 6) is -0.0676. The molecule has 0 amide bonds. The van der Waals surface area contributed by atoms with E-state index in [4.69, 9.17) is 4.74 Å². The van der Waals surface area contributed by atoms with Gasteiger partial charge in [-0.2, -0.15) is 5.26 Å². The fourth-order valence-corrected chi connectivity index (χ4v) is 2.18. The van der Waals surface area contributed by atoms with Crippen LogP contribution in [0.5, 0.6) is 5.75 Å². The van der Waals surface area contributed by atoms with E-state index in [1.54, 1.807) is 13.2 Å². The summed E-state index contributed by atoms with van der Waals surface area (Å²) in [5, 5.41) is 9.29. The molecule has 2 unspecified atom stereocenters. The third kappa shape index (κ3) is 3.57. The molecule has 3 heteroatoms. The molecule has 0 aliphatic heterocycles. The van der Waals surface area contributed by atoms with Crippen LogP contribution in [-0.2, 0) is 4.79 Å². The number of carbonyl (C=O) groups is 1. The summed E-state index contributed by atoms with van der Waals surface area (Å²) < 4.78 is 5.25. The van der Waals surface area contributed by atoms with Crippen molar-refractivity contribution in [2.24, 2.45) is 5.92 Å². The van der Waals surface area contributed by atoms with Gasteiger partial charge < -0.3 is 4.74 Å². The van der Waals surface area contributed by atoms with Crippen LogP contribution in [0.15, 0.2) is 18.2 Å². The van der Waals surface area contributed by atoms with E-state index < -0.39 is 5.92 Å². The highest BCUT2D eigenvalue weighted by molar-refractivity contribution is 5.90. The number of methoxy groups -OCH3 is 1. The molecule has 1 rings (SSSR count). The number of carbonyl (C=O) groups excluding carboxylic acids is 1. The summed E-state index contributed by atoms with van der Waals surface area (Å²) in [7, 11) is 1.59. The Labute approximate surface area is 115 Å². The number of rotatable bonds is 6. The predicted octanol–water partition coefficient (Wildman–Crippen LogP) is 3.62. The minimum Gasteiger partial charge on any atom is -0.496 e. The molecule has 0 spiro atoms. The monoisotopic (exact) mass is 259 g/mol. The van der Waals surface area contributed by atoms with Gasteiger partial charge in [0.15, 0.2) is 5.78 Å². The number of ether oxygens (including phenoxy) is 1. The van der Waals surface area contributed by atoms with Gasteiger partial charge in [-0.05, 0) is 30.5 Å². The predicted molar refractivity (Wildman–Crippen MR) is 75.2 cm³/mol. The molecule has 0 aromatic heterocycles. The maximum Gasteiger partial charge on any atom is 0.157 e. The molecule has 3 nitrogen and oxygen atoms in total. The third-order valence-electron chi connectivity index (χ3n) is 3.39. The SMILES string of the molecule is CCCC(C)C(=O)C(C#N)c1ccc(C)c(OC)c1. The lowest BCUT2D eigenvalue weighted by Crippen LogP contribution is -2.19. The first-order chi connectivity index (χ1) is 9.04. The van der Waals surface area contributed by atoms with Crippen LogP contribution in [0.4, 0.5) is 0 Å². The average molecular weight is 259 g/mol. The number of benzene rings is 1. The van der Waals surface area contributed by atoms with Crippen molar-refractivity contribution in [2.45, 2.75) is 39.5 Å². The fraction of sp³-hybridized carbons (Fsp3) is 0.500. The van der Waals surface area contributed by atoms with Crippen molar-refractivity contribution in [3.63, 3.8) is 0 Å². The van der Waals surface area contributed by atoms with Gasteiger partial charge >= 0.3 is 0 Å². The van der Waals surface area contributed by atoms with Crippen LogP contribution in [-0.4, -0.2) is 12.9 Å². The van der Waals surface area contributed by atoms with Crippen molar-refractivity contribution in [2.75, 3.05) is 7.11 Å². The van der Waals surface area contributed by atoms with Crippen LogP contribution in [0.25, 0.3) is 0 Å². The van der Waals surface area contributed by atoms with Crippen molar-refractivity contribution in [1.29, 1.82) is 5.26 Å². The largest absolute Gasteiger partial charge is 0.496 e. The Bertz CT molecular complexity index is 488. The zero-order valence-corrected chi connectivity index (χ0v) is 12.1. The standard InChI is InChI=1S/C16H21NO2/c1-5-6-12(3)16(18)14(10-17)13-8-7-11(2)15(9-13)19-4/h7-9,12,14H,5-6H2,1-4H3. The van der Waals surface area contributed by atoms with Gasteiger partial charge in [0.2, 0.25) is 0 Å². The Balaban J connectivity index is 3.04. The Hall–Kier alpha value is -1.82. The minimum atomic E-state index is -0.698. The van der Waals surface area contributed by atoms with E-state index in [1.165, 1.54) is 0 Å². The van der Waals surface area contributed by atoms with E-state index in [0.717, 1.165) is 24.0 Å². The van der Waals surface area contributed by atoms with Gasteiger partial charge in [-0.3, -0.25) is 4.79 Å². The highest BCUT2D eigenvalue weighted by atomic mass is 16.5. The molecule has 0 saturated heterocycles. The summed E-state index contributed by atoms with van der Waals surface area (Å²) >= 11 is 0. The second-order valence-electron chi connectivity index (χ2n) is 4.88. The highest BCUT2D eigenvalue weighted by Gasteiger charge is 2.25. The summed E-state index contributed by atoms with van der Waals surface area (Å²) in [6, 6.07) is 7.64. The van der Waals surface area contributed by atoms with Gasteiger partial charge in [0.25, 0.3) is 0 Å². The van der Waals surface area contributed by atoms with E-state index in [0.29, 0.717) is 5.75 Å². The molecule has 0 aliphatic rings. The van der Waals surface area contributed by atoms with Gasteiger partial charge in [0.05, 0.1) is 13.2 Å². The Morgan fingerprint density at radius 1 is 1.47 bits per heavy atom. The first kappa shape index (κ1) is 15.2. The number of hydrogen-bond donors (Lipinski definition) is 0. The van der Waals surface area contributed by atoms with Gasteiger partial charge in [0.1, 0.15) is 11.7 Å². The van der Waals surface area contributed by atoms with E-state index in [2.05, 4.69) is 6.07 Å².